The van der Waals surface area contributed by atoms with Crippen molar-refractivity contribution in [3.05, 3.63) is 30.1 Å². The minimum atomic E-state index is 0.705. The quantitative estimate of drug-likeness (QED) is 0.728. The van der Waals surface area contributed by atoms with Gasteiger partial charge in [-0.25, -0.2) is 0 Å². The van der Waals surface area contributed by atoms with Crippen molar-refractivity contribution in [2.45, 2.75) is 52.0 Å². The van der Waals surface area contributed by atoms with Gasteiger partial charge in [0.2, 0.25) is 0 Å². The average molecular weight is 220 g/mol. The number of aromatic nitrogens is 1. The summed E-state index contributed by atoms with van der Waals surface area (Å²) in [6, 6.07) is 4.89. The highest BCUT2D eigenvalue weighted by molar-refractivity contribution is 5.09. The van der Waals surface area contributed by atoms with Crippen molar-refractivity contribution in [2.75, 3.05) is 6.54 Å². The summed E-state index contributed by atoms with van der Waals surface area (Å²) in [6.45, 7) is 5.59. The van der Waals surface area contributed by atoms with Crippen molar-refractivity contribution < 1.29 is 0 Å². The molecule has 90 valence electrons. The molecule has 16 heavy (non-hydrogen) atoms. The van der Waals surface area contributed by atoms with Crippen molar-refractivity contribution in [1.29, 1.82) is 0 Å². The zero-order valence-corrected chi connectivity index (χ0v) is 10.6. The maximum Gasteiger partial charge on any atom is 0.0270 e. The van der Waals surface area contributed by atoms with E-state index in [-0.39, 0.29) is 0 Å². The van der Waals surface area contributed by atoms with E-state index in [0.717, 1.165) is 13.0 Å². The smallest absolute Gasteiger partial charge is 0.0270 e. The predicted molar refractivity (Wildman–Crippen MR) is 69.5 cm³/mol. The highest BCUT2D eigenvalue weighted by atomic mass is 14.9. The van der Waals surface area contributed by atoms with Gasteiger partial charge in [-0.3, -0.25) is 4.98 Å². The molecule has 0 bridgehead atoms. The van der Waals surface area contributed by atoms with Crippen molar-refractivity contribution in [2.24, 2.45) is 0 Å². The molecule has 1 aromatic rings. The van der Waals surface area contributed by atoms with Gasteiger partial charge in [0.15, 0.2) is 0 Å². The molecule has 1 aromatic heterocycles. The predicted octanol–water partition coefficient (Wildman–Crippen LogP) is 3.18. The van der Waals surface area contributed by atoms with E-state index in [2.05, 4.69) is 36.3 Å². The largest absolute Gasteiger partial charge is 0.314 e. The normalized spacial score (nSPS) is 10.9. The average Bonchev–Trinajstić information content (AvgIpc) is 2.31. The van der Waals surface area contributed by atoms with Gasteiger partial charge in [0.05, 0.1) is 0 Å². The summed E-state index contributed by atoms with van der Waals surface area (Å²) < 4.78 is 0. The summed E-state index contributed by atoms with van der Waals surface area (Å²) in [6.07, 6.45) is 9.97. The summed E-state index contributed by atoms with van der Waals surface area (Å²) in [5, 5.41) is 3.65. The van der Waals surface area contributed by atoms with Crippen molar-refractivity contribution in [1.82, 2.24) is 10.3 Å². The number of rotatable bonds is 8. The zero-order valence-electron chi connectivity index (χ0n) is 10.6. The highest BCUT2D eigenvalue weighted by Gasteiger charge is 2.04. The topological polar surface area (TPSA) is 24.9 Å². The second-order valence-electron chi connectivity index (χ2n) is 4.33. The SMILES string of the molecule is CCCC(CCC)NCCc1ccncc1. The van der Waals surface area contributed by atoms with Crippen molar-refractivity contribution in [3.8, 4) is 0 Å². The molecule has 0 unspecified atom stereocenters. The molecule has 1 N–H and O–H groups in total. The summed E-state index contributed by atoms with van der Waals surface area (Å²) in [4.78, 5) is 4.03. The lowest BCUT2D eigenvalue weighted by atomic mass is 10.1. The molecule has 0 amide bonds. The molecular formula is C14H24N2. The van der Waals surface area contributed by atoms with Crippen LogP contribution in [0.1, 0.15) is 45.1 Å². The molecule has 2 heteroatoms. The molecule has 2 nitrogen and oxygen atoms in total. The van der Waals surface area contributed by atoms with Crippen LogP contribution >= 0.6 is 0 Å². The molecule has 0 aliphatic carbocycles. The lowest BCUT2D eigenvalue weighted by Gasteiger charge is -2.17. The maximum atomic E-state index is 4.03. The first-order chi connectivity index (χ1) is 7.86. The zero-order chi connectivity index (χ0) is 11.6. The van der Waals surface area contributed by atoms with E-state index in [9.17, 15) is 0 Å². The number of nitrogens with one attached hydrogen (secondary N) is 1. The van der Waals surface area contributed by atoms with Gasteiger partial charge in [-0.2, -0.15) is 0 Å². The second kappa shape index (κ2) is 8.28. The van der Waals surface area contributed by atoms with Crippen LogP contribution in [0.3, 0.4) is 0 Å². The molecule has 1 rings (SSSR count). The van der Waals surface area contributed by atoms with Gasteiger partial charge in [-0.05, 0) is 43.5 Å². The van der Waals surface area contributed by atoms with Crippen LogP contribution in [0.25, 0.3) is 0 Å². The van der Waals surface area contributed by atoms with E-state index >= 15 is 0 Å². The lowest BCUT2D eigenvalue weighted by Crippen LogP contribution is -2.30. The van der Waals surface area contributed by atoms with Crippen LogP contribution in [0.15, 0.2) is 24.5 Å². The fourth-order valence-electron chi connectivity index (χ4n) is 2.02. The lowest BCUT2D eigenvalue weighted by molar-refractivity contribution is 0.447. The Morgan fingerprint density at radius 1 is 1.12 bits per heavy atom. The third-order valence-electron chi connectivity index (χ3n) is 2.87. The molecule has 0 aliphatic rings. The number of hydrogen-bond acceptors (Lipinski definition) is 2. The Labute approximate surface area is 99.5 Å². The molecule has 0 saturated carbocycles. The van der Waals surface area contributed by atoms with Gasteiger partial charge in [0.1, 0.15) is 0 Å². The number of hydrogen-bond donors (Lipinski definition) is 1. The first-order valence-electron chi connectivity index (χ1n) is 6.49. The standard InChI is InChI=1S/C14H24N2/c1-3-5-14(6-4-2)16-12-9-13-7-10-15-11-8-13/h7-8,10-11,14,16H,3-6,9,12H2,1-2H3. The Hall–Kier alpha value is -0.890. The van der Waals surface area contributed by atoms with Crippen molar-refractivity contribution >= 4 is 0 Å². The molecule has 0 saturated heterocycles. The molecule has 0 aliphatic heterocycles. The summed E-state index contributed by atoms with van der Waals surface area (Å²) in [5.74, 6) is 0. The van der Waals surface area contributed by atoms with Crippen LogP contribution in [0.5, 0.6) is 0 Å². The minimum Gasteiger partial charge on any atom is -0.314 e. The summed E-state index contributed by atoms with van der Waals surface area (Å²) in [7, 11) is 0. The van der Waals surface area contributed by atoms with E-state index in [1.165, 1.54) is 31.2 Å². The Bertz CT molecular complexity index is 253. The van der Waals surface area contributed by atoms with Crippen LogP contribution in [0, 0.1) is 0 Å². The van der Waals surface area contributed by atoms with E-state index in [1.807, 2.05) is 12.4 Å². The van der Waals surface area contributed by atoms with Gasteiger partial charge in [0, 0.05) is 18.4 Å². The number of nitrogens with zero attached hydrogens (tertiary/aromatic N) is 1. The Kier molecular flexibility index (Phi) is 6.82. The molecule has 0 radical (unpaired) electrons. The first kappa shape index (κ1) is 13.2. The molecule has 1 heterocycles. The number of pyridine rings is 1. The van der Waals surface area contributed by atoms with E-state index in [1.54, 1.807) is 0 Å². The van der Waals surface area contributed by atoms with E-state index in [4.69, 9.17) is 0 Å². The van der Waals surface area contributed by atoms with Crippen LogP contribution in [-0.2, 0) is 6.42 Å². The van der Waals surface area contributed by atoms with Crippen LogP contribution in [-0.4, -0.2) is 17.6 Å². The maximum absolute atomic E-state index is 4.03. The van der Waals surface area contributed by atoms with Crippen molar-refractivity contribution in [3.63, 3.8) is 0 Å². The minimum absolute atomic E-state index is 0.705. The molecular weight excluding hydrogens is 196 g/mol. The van der Waals surface area contributed by atoms with Gasteiger partial charge >= 0.3 is 0 Å². The van der Waals surface area contributed by atoms with Gasteiger partial charge < -0.3 is 5.32 Å². The molecule has 0 fully saturated rings. The third-order valence-corrected chi connectivity index (χ3v) is 2.87. The summed E-state index contributed by atoms with van der Waals surface area (Å²) in [5.41, 5.74) is 1.37. The molecule has 0 aromatic carbocycles. The highest BCUT2D eigenvalue weighted by Crippen LogP contribution is 2.05. The van der Waals surface area contributed by atoms with Gasteiger partial charge in [0.25, 0.3) is 0 Å². The fraction of sp³-hybridized carbons (Fsp3) is 0.643. The first-order valence-corrected chi connectivity index (χ1v) is 6.49. The van der Waals surface area contributed by atoms with Crippen LogP contribution < -0.4 is 5.32 Å². The van der Waals surface area contributed by atoms with Crippen LogP contribution in [0.4, 0.5) is 0 Å². The Morgan fingerprint density at radius 2 is 1.75 bits per heavy atom. The van der Waals surface area contributed by atoms with Gasteiger partial charge in [-0.15, -0.1) is 0 Å². The fourth-order valence-corrected chi connectivity index (χ4v) is 2.02. The third kappa shape index (κ3) is 5.26. The van der Waals surface area contributed by atoms with E-state index < -0.39 is 0 Å². The second-order valence-corrected chi connectivity index (χ2v) is 4.33. The molecule has 0 spiro atoms. The van der Waals surface area contributed by atoms with Crippen LogP contribution in [0.2, 0.25) is 0 Å². The van der Waals surface area contributed by atoms with Gasteiger partial charge in [-0.1, -0.05) is 26.7 Å². The Morgan fingerprint density at radius 3 is 2.31 bits per heavy atom. The molecule has 0 atom stereocenters. The Balaban J connectivity index is 2.22. The summed E-state index contributed by atoms with van der Waals surface area (Å²) >= 11 is 0. The monoisotopic (exact) mass is 220 g/mol. The van der Waals surface area contributed by atoms with E-state index in [0.29, 0.717) is 6.04 Å².